The van der Waals surface area contributed by atoms with Crippen molar-refractivity contribution in [2.75, 3.05) is 31.3 Å². The molecule has 0 aliphatic carbocycles. The van der Waals surface area contributed by atoms with E-state index in [1.807, 2.05) is 14.1 Å². The lowest BCUT2D eigenvalue weighted by molar-refractivity contribution is -0.222. The molecular formula is C17H21N3O5. The number of amides is 1. The van der Waals surface area contributed by atoms with Gasteiger partial charge in [0.05, 0.1) is 6.54 Å². The van der Waals surface area contributed by atoms with Gasteiger partial charge in [0.25, 0.3) is 5.79 Å². The van der Waals surface area contributed by atoms with E-state index < -0.39 is 17.7 Å². The fraction of sp³-hybridized carbons (Fsp3) is 0.353. The smallest absolute Gasteiger partial charge is 0.350 e. The quantitative estimate of drug-likeness (QED) is 0.471. The number of cyclic esters (lactones) is 2. The molecule has 1 fully saturated rings. The highest BCUT2D eigenvalue weighted by molar-refractivity contribution is 6.15. The number of anilines is 2. The van der Waals surface area contributed by atoms with Crippen LogP contribution in [0.5, 0.6) is 0 Å². The second-order valence-corrected chi connectivity index (χ2v) is 6.24. The fourth-order valence-corrected chi connectivity index (χ4v) is 2.07. The van der Waals surface area contributed by atoms with Crippen LogP contribution in [0.3, 0.4) is 0 Å². The Morgan fingerprint density at radius 1 is 1.08 bits per heavy atom. The minimum absolute atomic E-state index is 0.122. The molecular weight excluding hydrogens is 326 g/mol. The van der Waals surface area contributed by atoms with E-state index in [4.69, 9.17) is 9.47 Å². The van der Waals surface area contributed by atoms with Crippen molar-refractivity contribution in [3.63, 3.8) is 0 Å². The van der Waals surface area contributed by atoms with Crippen LogP contribution >= 0.6 is 0 Å². The molecule has 0 aromatic heterocycles. The molecule has 1 saturated heterocycles. The lowest BCUT2D eigenvalue weighted by Gasteiger charge is -2.29. The van der Waals surface area contributed by atoms with Gasteiger partial charge >= 0.3 is 11.9 Å². The van der Waals surface area contributed by atoms with Crippen molar-refractivity contribution in [2.45, 2.75) is 19.6 Å². The Hall–Kier alpha value is -2.87. The molecule has 1 heterocycles. The molecule has 134 valence electrons. The summed E-state index contributed by atoms with van der Waals surface area (Å²) in [5.41, 5.74) is 1.05. The van der Waals surface area contributed by atoms with Crippen molar-refractivity contribution in [3.8, 4) is 0 Å². The largest absolute Gasteiger partial charge is 0.419 e. The number of hydrogen-bond donors (Lipinski definition) is 2. The minimum atomic E-state index is -1.27. The summed E-state index contributed by atoms with van der Waals surface area (Å²) in [6.45, 7) is 3.25. The molecule has 0 bridgehead atoms. The number of rotatable bonds is 5. The summed E-state index contributed by atoms with van der Waals surface area (Å²) >= 11 is 0. The molecule has 2 N–H and O–H groups in total. The number of esters is 2. The van der Waals surface area contributed by atoms with E-state index in [0.717, 1.165) is 0 Å². The number of carbonyl (C=O) groups excluding carboxylic acids is 3. The van der Waals surface area contributed by atoms with Gasteiger partial charge in [0.1, 0.15) is 0 Å². The summed E-state index contributed by atoms with van der Waals surface area (Å²) in [7, 11) is 3.62. The predicted molar refractivity (Wildman–Crippen MR) is 91.6 cm³/mol. The number of ether oxygens (including phenoxy) is 2. The van der Waals surface area contributed by atoms with Crippen LogP contribution in [0.4, 0.5) is 11.4 Å². The van der Waals surface area contributed by atoms with Crippen molar-refractivity contribution in [1.82, 2.24) is 4.90 Å². The lowest BCUT2D eigenvalue weighted by atomic mass is 10.2. The van der Waals surface area contributed by atoms with E-state index in [2.05, 4.69) is 10.6 Å². The molecule has 1 aromatic carbocycles. The van der Waals surface area contributed by atoms with Crippen LogP contribution in [0.25, 0.3) is 0 Å². The zero-order chi connectivity index (χ0) is 18.6. The topological polar surface area (TPSA) is 97.0 Å². The van der Waals surface area contributed by atoms with Crippen molar-refractivity contribution >= 4 is 29.2 Å². The summed E-state index contributed by atoms with van der Waals surface area (Å²) in [6.07, 6.45) is 1.24. The lowest BCUT2D eigenvalue weighted by Crippen LogP contribution is -2.42. The maximum Gasteiger partial charge on any atom is 0.350 e. The van der Waals surface area contributed by atoms with Crippen LogP contribution in [-0.2, 0) is 23.9 Å². The summed E-state index contributed by atoms with van der Waals surface area (Å²) in [4.78, 5) is 37.1. The number of nitrogens with zero attached hydrogens (tertiary/aromatic N) is 1. The molecule has 8 heteroatoms. The zero-order valence-electron chi connectivity index (χ0n) is 14.6. The van der Waals surface area contributed by atoms with Gasteiger partial charge in [-0.2, -0.15) is 0 Å². The average molecular weight is 347 g/mol. The molecule has 0 spiro atoms. The second-order valence-electron chi connectivity index (χ2n) is 6.24. The van der Waals surface area contributed by atoms with Gasteiger partial charge in [-0.05, 0) is 38.4 Å². The van der Waals surface area contributed by atoms with E-state index >= 15 is 0 Å². The van der Waals surface area contributed by atoms with Crippen molar-refractivity contribution in [1.29, 1.82) is 0 Å². The summed E-state index contributed by atoms with van der Waals surface area (Å²) < 4.78 is 10.00. The number of benzene rings is 1. The molecule has 0 saturated carbocycles. The molecule has 1 aromatic rings. The van der Waals surface area contributed by atoms with Gasteiger partial charge in [-0.1, -0.05) is 0 Å². The third kappa shape index (κ3) is 5.32. The van der Waals surface area contributed by atoms with Gasteiger partial charge in [-0.25, -0.2) is 9.59 Å². The monoisotopic (exact) mass is 347 g/mol. The van der Waals surface area contributed by atoms with Gasteiger partial charge in [-0.15, -0.1) is 0 Å². The first-order valence-electron chi connectivity index (χ1n) is 7.64. The first-order chi connectivity index (χ1) is 11.7. The highest BCUT2D eigenvalue weighted by atomic mass is 16.7. The normalized spacial score (nSPS) is 16.1. The number of carbonyl (C=O) groups is 3. The van der Waals surface area contributed by atoms with Crippen LogP contribution in [0.2, 0.25) is 0 Å². The van der Waals surface area contributed by atoms with Crippen molar-refractivity contribution < 1.29 is 23.9 Å². The molecule has 1 amide bonds. The van der Waals surface area contributed by atoms with Crippen LogP contribution in [-0.4, -0.2) is 49.2 Å². The Balaban J connectivity index is 1.98. The van der Waals surface area contributed by atoms with E-state index in [1.165, 1.54) is 20.0 Å². The predicted octanol–water partition coefficient (Wildman–Crippen LogP) is 1.32. The number of likely N-dealkylation sites (N-methyl/N-ethyl adjacent to an activating group) is 1. The Morgan fingerprint density at radius 3 is 2.12 bits per heavy atom. The van der Waals surface area contributed by atoms with Gasteiger partial charge in [-0.3, -0.25) is 4.79 Å². The van der Waals surface area contributed by atoms with Gasteiger partial charge in [0.2, 0.25) is 5.91 Å². The molecule has 8 nitrogen and oxygen atoms in total. The molecule has 25 heavy (non-hydrogen) atoms. The average Bonchev–Trinajstić information content (AvgIpc) is 2.46. The third-order valence-electron chi connectivity index (χ3n) is 3.13. The number of nitrogens with one attached hydrogen (secondary N) is 2. The highest BCUT2D eigenvalue weighted by Crippen LogP contribution is 2.23. The fourth-order valence-electron chi connectivity index (χ4n) is 2.07. The zero-order valence-corrected chi connectivity index (χ0v) is 14.6. The van der Waals surface area contributed by atoms with Crippen molar-refractivity contribution in [2.24, 2.45) is 0 Å². The van der Waals surface area contributed by atoms with E-state index in [9.17, 15) is 14.4 Å². The molecule has 2 rings (SSSR count). The van der Waals surface area contributed by atoms with Crippen molar-refractivity contribution in [3.05, 3.63) is 36.0 Å². The summed E-state index contributed by atoms with van der Waals surface area (Å²) in [5.74, 6) is -2.89. The van der Waals surface area contributed by atoms with E-state index in [-0.39, 0.29) is 18.0 Å². The maximum atomic E-state index is 11.8. The van der Waals surface area contributed by atoms with Crippen LogP contribution < -0.4 is 10.6 Å². The second kappa shape index (κ2) is 7.35. The first kappa shape index (κ1) is 18.5. The maximum absolute atomic E-state index is 11.8. The van der Waals surface area contributed by atoms with E-state index in [1.54, 1.807) is 29.2 Å². The Bertz CT molecular complexity index is 685. The van der Waals surface area contributed by atoms with Crippen LogP contribution in [0, 0.1) is 0 Å². The van der Waals surface area contributed by atoms with Gasteiger partial charge < -0.3 is 25.0 Å². The molecule has 0 unspecified atom stereocenters. The molecule has 1 aliphatic heterocycles. The first-order valence-corrected chi connectivity index (χ1v) is 7.64. The summed E-state index contributed by atoms with van der Waals surface area (Å²) in [5, 5.41) is 5.59. The SMILES string of the molecule is CN(C)CC(=O)Nc1ccc(NC=C2C(=O)OC(C)(C)OC2=O)cc1. The van der Waals surface area contributed by atoms with E-state index in [0.29, 0.717) is 11.4 Å². The Morgan fingerprint density at radius 2 is 1.60 bits per heavy atom. The summed E-state index contributed by atoms with van der Waals surface area (Å²) in [6, 6.07) is 6.81. The standard InChI is InChI=1S/C17H21N3O5/c1-17(2)24-15(22)13(16(23)25-17)9-18-11-5-7-12(8-6-11)19-14(21)10-20(3)4/h5-9,18H,10H2,1-4H3,(H,19,21). The molecule has 0 atom stereocenters. The van der Waals surface area contributed by atoms with Gasteiger partial charge in [0, 0.05) is 31.4 Å². The highest BCUT2D eigenvalue weighted by Gasteiger charge is 2.38. The Kier molecular flexibility index (Phi) is 5.43. The molecule has 0 radical (unpaired) electrons. The third-order valence-corrected chi connectivity index (χ3v) is 3.13. The molecule has 1 aliphatic rings. The van der Waals surface area contributed by atoms with Crippen LogP contribution in [0.1, 0.15) is 13.8 Å². The Labute approximate surface area is 145 Å². The van der Waals surface area contributed by atoms with Crippen LogP contribution in [0.15, 0.2) is 36.0 Å². The minimum Gasteiger partial charge on any atom is -0.419 e. The number of hydrogen-bond acceptors (Lipinski definition) is 7. The van der Waals surface area contributed by atoms with Gasteiger partial charge in [0.15, 0.2) is 5.57 Å².